The molecular weight excluding hydrogens is 492 g/mol. The van der Waals surface area contributed by atoms with Crippen LogP contribution in [0.2, 0.25) is 0 Å². The molecule has 36 heavy (non-hydrogen) atoms. The number of fused-ring (bicyclic) bond motifs is 1. The molecule has 1 aliphatic rings. The standard InChI is InChI=1S/C24H26N2O9S/c1-14-15(2)20-18(16(3)19(14)27)10-11-24(4,34-20)23(28)33-13-12-32-21-22(26(29)35-25-21)36(30,31)17-8-6-5-7-9-17/h5-9,27H,10-13H2,1-4H3. The van der Waals surface area contributed by atoms with Crippen LogP contribution in [-0.4, -0.2) is 43.5 Å². The number of aromatic nitrogens is 2. The quantitative estimate of drug-likeness (QED) is 0.280. The van der Waals surface area contributed by atoms with Crippen molar-refractivity contribution in [2.24, 2.45) is 0 Å². The number of phenolic OH excluding ortho intramolecular Hbond substituents is 1. The maximum atomic E-state index is 12.9. The molecule has 2 heterocycles. The van der Waals surface area contributed by atoms with E-state index in [-0.39, 0.29) is 28.8 Å². The Balaban J connectivity index is 1.42. The second-order valence-electron chi connectivity index (χ2n) is 8.71. The molecule has 0 saturated heterocycles. The lowest BCUT2D eigenvalue weighted by molar-refractivity contribution is -0.832. The highest BCUT2D eigenvalue weighted by molar-refractivity contribution is 7.91. The van der Waals surface area contributed by atoms with Crippen LogP contribution in [-0.2, 0) is 25.8 Å². The summed E-state index contributed by atoms with van der Waals surface area (Å²) in [6, 6.07) is 7.29. The largest absolute Gasteiger partial charge is 0.507 e. The summed E-state index contributed by atoms with van der Waals surface area (Å²) in [5, 5.41) is 24.9. The Morgan fingerprint density at radius 3 is 2.56 bits per heavy atom. The lowest BCUT2D eigenvalue weighted by Crippen LogP contribution is -2.46. The molecular formula is C24H26N2O9S. The van der Waals surface area contributed by atoms with Crippen LogP contribution in [0.5, 0.6) is 17.4 Å². The number of phenols is 1. The van der Waals surface area contributed by atoms with Crippen molar-refractivity contribution in [3.8, 4) is 17.4 Å². The number of aromatic hydroxyl groups is 1. The van der Waals surface area contributed by atoms with Crippen LogP contribution in [0.3, 0.4) is 0 Å². The van der Waals surface area contributed by atoms with Crippen LogP contribution in [0, 0.1) is 26.0 Å². The Bertz CT molecular complexity index is 1420. The fraction of sp³-hybridized carbons (Fsp3) is 0.375. The number of sulfone groups is 1. The van der Waals surface area contributed by atoms with Gasteiger partial charge in [0.15, 0.2) is 0 Å². The smallest absolute Gasteiger partial charge is 0.415 e. The Hall–Kier alpha value is -3.80. The molecule has 1 N–H and O–H groups in total. The Morgan fingerprint density at radius 2 is 1.86 bits per heavy atom. The van der Waals surface area contributed by atoms with Crippen molar-refractivity contribution in [2.45, 2.75) is 56.1 Å². The molecule has 0 amide bonds. The molecule has 11 nitrogen and oxygen atoms in total. The highest BCUT2D eigenvalue weighted by Gasteiger charge is 2.42. The molecule has 1 unspecified atom stereocenters. The average molecular weight is 519 g/mol. The summed E-state index contributed by atoms with van der Waals surface area (Å²) in [4.78, 5) is 12.5. The van der Waals surface area contributed by atoms with E-state index in [1.807, 2.05) is 13.8 Å². The molecule has 12 heteroatoms. The SMILES string of the molecule is Cc1c(C)c2c(c(C)c1O)CCC(C)(C(=O)OCCOc1no[n+]([O-])c1S(=O)(=O)c1ccccc1)O2. The van der Waals surface area contributed by atoms with Crippen molar-refractivity contribution in [2.75, 3.05) is 13.2 Å². The summed E-state index contributed by atoms with van der Waals surface area (Å²) >= 11 is 0. The number of hydrogen-bond donors (Lipinski definition) is 1. The van der Waals surface area contributed by atoms with Crippen LogP contribution in [0.25, 0.3) is 0 Å². The summed E-state index contributed by atoms with van der Waals surface area (Å²) in [5.74, 6) is -0.391. The van der Waals surface area contributed by atoms with E-state index in [1.165, 1.54) is 24.3 Å². The van der Waals surface area contributed by atoms with Crippen molar-refractivity contribution in [1.82, 2.24) is 5.16 Å². The van der Waals surface area contributed by atoms with E-state index in [9.17, 15) is 23.5 Å². The lowest BCUT2D eigenvalue weighted by atomic mass is 9.87. The molecule has 1 aliphatic heterocycles. The maximum Gasteiger partial charge on any atom is 0.415 e. The molecule has 1 atom stereocenters. The van der Waals surface area contributed by atoms with E-state index in [1.54, 1.807) is 19.9 Å². The summed E-state index contributed by atoms with van der Waals surface area (Å²) < 4.78 is 46.8. The first-order chi connectivity index (χ1) is 17.0. The first kappa shape index (κ1) is 25.3. The molecule has 3 aromatic rings. The van der Waals surface area contributed by atoms with Gasteiger partial charge in [-0.15, -0.1) is 0 Å². The zero-order chi connectivity index (χ0) is 26.3. The molecule has 0 bridgehead atoms. The molecule has 1 aromatic heterocycles. The number of rotatable bonds is 7. The van der Waals surface area contributed by atoms with Gasteiger partial charge < -0.3 is 24.5 Å². The summed E-state index contributed by atoms with van der Waals surface area (Å²) in [7, 11) is -4.26. The minimum Gasteiger partial charge on any atom is -0.507 e. The monoisotopic (exact) mass is 518 g/mol. The molecule has 0 saturated carbocycles. The summed E-state index contributed by atoms with van der Waals surface area (Å²) in [5.41, 5.74) is 1.75. The Labute approximate surface area is 207 Å². The van der Waals surface area contributed by atoms with E-state index in [2.05, 4.69) is 9.79 Å². The third-order valence-electron chi connectivity index (χ3n) is 6.36. The van der Waals surface area contributed by atoms with Crippen molar-refractivity contribution in [3.05, 3.63) is 57.8 Å². The highest BCUT2D eigenvalue weighted by Crippen LogP contribution is 2.43. The van der Waals surface area contributed by atoms with E-state index in [0.29, 0.717) is 24.2 Å². The van der Waals surface area contributed by atoms with Gasteiger partial charge >= 0.3 is 16.9 Å². The third-order valence-corrected chi connectivity index (χ3v) is 8.09. The molecule has 0 fully saturated rings. The molecule has 0 spiro atoms. The van der Waals surface area contributed by atoms with Gasteiger partial charge in [-0.3, -0.25) is 4.63 Å². The number of carbonyl (C=O) groups excluding carboxylic acids is 1. The van der Waals surface area contributed by atoms with Crippen LogP contribution in [0.1, 0.15) is 35.6 Å². The van der Waals surface area contributed by atoms with Gasteiger partial charge in [-0.25, -0.2) is 13.2 Å². The number of benzene rings is 2. The topological polar surface area (TPSA) is 152 Å². The van der Waals surface area contributed by atoms with Crippen LogP contribution in [0.15, 0.2) is 44.9 Å². The first-order valence-corrected chi connectivity index (χ1v) is 12.7. The molecule has 2 aromatic carbocycles. The van der Waals surface area contributed by atoms with Crippen molar-refractivity contribution in [1.29, 1.82) is 0 Å². The summed E-state index contributed by atoms with van der Waals surface area (Å²) in [6.07, 6.45) is 0.850. The highest BCUT2D eigenvalue weighted by atomic mass is 32.2. The van der Waals surface area contributed by atoms with Crippen molar-refractivity contribution in [3.63, 3.8) is 0 Å². The molecule has 4 rings (SSSR count). The maximum absolute atomic E-state index is 12.9. The first-order valence-electron chi connectivity index (χ1n) is 11.2. The van der Waals surface area contributed by atoms with Gasteiger partial charge in [-0.1, -0.05) is 18.2 Å². The third kappa shape index (κ3) is 4.32. The Morgan fingerprint density at radius 1 is 1.17 bits per heavy atom. The van der Waals surface area contributed by atoms with Crippen molar-refractivity contribution >= 4 is 15.8 Å². The Kier molecular flexibility index (Phi) is 6.56. The zero-order valence-electron chi connectivity index (χ0n) is 20.2. The molecule has 0 aliphatic carbocycles. The van der Waals surface area contributed by atoms with E-state index >= 15 is 0 Å². The van der Waals surface area contributed by atoms with E-state index in [0.717, 1.165) is 16.7 Å². The number of hydrogen-bond acceptors (Lipinski definition) is 10. The van der Waals surface area contributed by atoms with E-state index < -0.39 is 32.3 Å². The number of carbonyl (C=O) groups is 1. The second-order valence-corrected chi connectivity index (χ2v) is 10.6. The van der Waals surface area contributed by atoms with Crippen LogP contribution >= 0.6 is 0 Å². The fourth-order valence-electron chi connectivity index (χ4n) is 4.06. The second kappa shape index (κ2) is 9.34. The van der Waals surface area contributed by atoms with Gasteiger partial charge in [-0.2, -0.15) is 0 Å². The normalized spacial score (nSPS) is 17.2. The van der Waals surface area contributed by atoms with Gasteiger partial charge in [0.1, 0.15) is 24.7 Å². The van der Waals surface area contributed by atoms with Gasteiger partial charge in [0.2, 0.25) is 5.60 Å². The van der Waals surface area contributed by atoms with Gasteiger partial charge in [-0.05, 0) is 67.8 Å². The predicted octanol–water partition coefficient (Wildman–Crippen LogP) is 2.48. The fourth-order valence-corrected chi connectivity index (χ4v) is 5.35. The van der Waals surface area contributed by atoms with Crippen LogP contribution < -0.4 is 14.4 Å². The van der Waals surface area contributed by atoms with Gasteiger partial charge in [0.05, 0.1) is 10.1 Å². The van der Waals surface area contributed by atoms with E-state index in [4.69, 9.17) is 14.2 Å². The number of esters is 1. The number of nitrogens with zero attached hydrogens (tertiary/aromatic N) is 2. The van der Waals surface area contributed by atoms with Crippen molar-refractivity contribution < 1.29 is 42.1 Å². The van der Waals surface area contributed by atoms with Crippen LogP contribution in [0.4, 0.5) is 0 Å². The number of ether oxygens (including phenoxy) is 3. The zero-order valence-corrected chi connectivity index (χ0v) is 21.0. The molecule has 0 radical (unpaired) electrons. The lowest BCUT2D eigenvalue weighted by Gasteiger charge is -2.35. The molecule has 192 valence electrons. The predicted molar refractivity (Wildman–Crippen MR) is 123 cm³/mol. The summed E-state index contributed by atoms with van der Waals surface area (Å²) in [6.45, 7) is 6.49. The van der Waals surface area contributed by atoms with Gasteiger partial charge in [0.25, 0.3) is 9.84 Å². The minimum absolute atomic E-state index is 0.134. The average Bonchev–Trinajstić information content (AvgIpc) is 3.25. The minimum atomic E-state index is -4.26. The van der Waals surface area contributed by atoms with Gasteiger partial charge in [0, 0.05) is 12.0 Å².